The number of nitrogens with zero attached hydrogens (tertiary/aromatic N) is 2. The van der Waals surface area contributed by atoms with Crippen LogP contribution in [0.4, 0.5) is 5.69 Å². The molecule has 0 spiro atoms. The first-order valence-corrected chi connectivity index (χ1v) is 12.5. The summed E-state index contributed by atoms with van der Waals surface area (Å²) in [6.45, 7) is 5.93. The lowest BCUT2D eigenvalue weighted by atomic mass is 10.0. The molecule has 0 saturated heterocycles. The number of nitrogens with one attached hydrogen (secondary N) is 1. The van der Waals surface area contributed by atoms with Crippen molar-refractivity contribution in [3.8, 4) is 5.75 Å². The molecule has 1 heterocycles. The Bertz CT molecular complexity index is 1550. The van der Waals surface area contributed by atoms with Crippen LogP contribution >= 0.6 is 0 Å². The number of carbonyl (C=O) groups excluding carboxylic acids is 1. The number of aromatic nitrogens is 1. The molecule has 204 valence electrons. The fourth-order valence-corrected chi connectivity index (χ4v) is 4.24. The predicted octanol–water partition coefficient (Wildman–Crippen LogP) is 3.05. The first kappa shape index (κ1) is 29.1. The molecule has 0 aliphatic heterocycles. The van der Waals surface area contributed by atoms with Crippen molar-refractivity contribution >= 4 is 23.2 Å². The maximum atomic E-state index is 13.8. The van der Waals surface area contributed by atoms with Gasteiger partial charge in [-0.15, -0.1) is 0 Å². The maximum absolute atomic E-state index is 13.8. The number of amides is 1. The summed E-state index contributed by atoms with van der Waals surface area (Å²) in [4.78, 5) is 37.5. The van der Waals surface area contributed by atoms with E-state index in [4.69, 9.17) is 4.74 Å². The van der Waals surface area contributed by atoms with E-state index in [9.17, 15) is 24.8 Å². The summed E-state index contributed by atoms with van der Waals surface area (Å²) in [5, 5.41) is 25.8. The molecule has 2 aromatic carbocycles. The molecular weight excluding hydrogens is 498 g/mol. The molecule has 9 heteroatoms. The molecule has 0 radical (unpaired) electrons. The lowest BCUT2D eigenvalue weighted by Gasteiger charge is -2.15. The van der Waals surface area contributed by atoms with Crippen molar-refractivity contribution in [2.75, 3.05) is 20.3 Å². The summed E-state index contributed by atoms with van der Waals surface area (Å²) in [5.74, 6) is -1.10. The fraction of sp³-hybridized carbons (Fsp3) is 0.267. The van der Waals surface area contributed by atoms with Crippen molar-refractivity contribution in [2.45, 2.75) is 33.7 Å². The Morgan fingerprint density at radius 2 is 1.77 bits per heavy atom. The van der Waals surface area contributed by atoms with Gasteiger partial charge in [-0.1, -0.05) is 54.1 Å². The predicted molar refractivity (Wildman–Crippen MR) is 151 cm³/mol. The molecule has 0 aliphatic rings. The van der Waals surface area contributed by atoms with Crippen molar-refractivity contribution in [2.24, 2.45) is 0 Å². The molecule has 9 nitrogen and oxygen atoms in total. The van der Waals surface area contributed by atoms with Crippen molar-refractivity contribution in [1.82, 2.24) is 9.88 Å². The van der Waals surface area contributed by atoms with E-state index in [1.165, 1.54) is 23.8 Å². The Hall–Kier alpha value is -4.50. The first-order chi connectivity index (χ1) is 18.7. The second kappa shape index (κ2) is 13.3. The number of nitro benzene ring substituents is 1. The molecule has 0 saturated carbocycles. The zero-order valence-electron chi connectivity index (χ0n) is 22.6. The van der Waals surface area contributed by atoms with E-state index in [2.05, 4.69) is 5.32 Å². The summed E-state index contributed by atoms with van der Waals surface area (Å²) >= 11 is 0. The van der Waals surface area contributed by atoms with Crippen molar-refractivity contribution < 1.29 is 19.6 Å². The Morgan fingerprint density at radius 3 is 2.33 bits per heavy atom. The number of non-ortho nitro benzene ring substituents is 1. The van der Waals surface area contributed by atoms with Crippen LogP contribution in [0.15, 0.2) is 71.0 Å². The molecule has 0 aliphatic carbocycles. The van der Waals surface area contributed by atoms with Crippen LogP contribution in [0.1, 0.15) is 42.3 Å². The van der Waals surface area contributed by atoms with Gasteiger partial charge in [-0.05, 0) is 50.0 Å². The van der Waals surface area contributed by atoms with Crippen molar-refractivity contribution in [3.05, 3.63) is 114 Å². The van der Waals surface area contributed by atoms with Gasteiger partial charge in [0.1, 0.15) is 11.3 Å². The van der Waals surface area contributed by atoms with Gasteiger partial charge in [0.15, 0.2) is 0 Å². The topological polar surface area (TPSA) is 124 Å². The molecule has 0 bridgehead atoms. The zero-order chi connectivity index (χ0) is 28.5. The summed E-state index contributed by atoms with van der Waals surface area (Å²) in [7, 11) is 1.49. The molecule has 3 rings (SSSR count). The number of rotatable bonds is 10. The minimum Gasteiger partial charge on any atom is -0.506 e. The van der Waals surface area contributed by atoms with Crippen molar-refractivity contribution in [1.29, 1.82) is 0 Å². The highest BCUT2D eigenvalue weighted by molar-refractivity contribution is 5.96. The normalized spacial score (nSPS) is 11.9. The first-order valence-electron chi connectivity index (χ1n) is 12.5. The molecule has 1 amide bonds. The third-order valence-electron chi connectivity index (χ3n) is 6.23. The van der Waals surface area contributed by atoms with Crippen LogP contribution in [0, 0.1) is 10.1 Å². The Morgan fingerprint density at radius 1 is 1.10 bits per heavy atom. The monoisotopic (exact) mass is 531 g/mol. The number of ether oxygens (including phenoxy) is 1. The highest BCUT2D eigenvalue weighted by atomic mass is 16.6. The smallest absolute Gasteiger partial charge is 0.269 e. The number of carbonyl (C=O) groups is 1. The lowest BCUT2D eigenvalue weighted by Crippen LogP contribution is -2.48. The van der Waals surface area contributed by atoms with Crippen LogP contribution in [0.3, 0.4) is 0 Å². The lowest BCUT2D eigenvalue weighted by molar-refractivity contribution is -0.384. The molecular formula is C30H33N3O6. The molecule has 39 heavy (non-hydrogen) atoms. The summed E-state index contributed by atoms with van der Waals surface area (Å²) in [6.07, 6.45) is 4.37. The fourth-order valence-electron chi connectivity index (χ4n) is 4.24. The van der Waals surface area contributed by atoms with Gasteiger partial charge in [-0.3, -0.25) is 19.7 Å². The Balaban J connectivity index is 2.30. The second-order valence-electron chi connectivity index (χ2n) is 9.22. The number of benzene rings is 2. The van der Waals surface area contributed by atoms with Crippen LogP contribution < -0.4 is 21.4 Å². The van der Waals surface area contributed by atoms with Gasteiger partial charge in [0.05, 0.1) is 23.4 Å². The van der Waals surface area contributed by atoms with Gasteiger partial charge >= 0.3 is 0 Å². The number of aromatic hydroxyl groups is 1. The number of allylic oxidation sites excluding steroid dienone is 2. The highest BCUT2D eigenvalue weighted by Gasteiger charge is 2.22. The van der Waals surface area contributed by atoms with E-state index in [0.717, 1.165) is 11.1 Å². The molecule has 0 fully saturated rings. The van der Waals surface area contributed by atoms with Gasteiger partial charge in [0.2, 0.25) is 0 Å². The van der Waals surface area contributed by atoms with E-state index in [1.54, 1.807) is 26.0 Å². The zero-order valence-corrected chi connectivity index (χ0v) is 22.6. The number of hydrogen-bond donors (Lipinski definition) is 2. The molecule has 0 atom stereocenters. The van der Waals surface area contributed by atoms with Crippen LogP contribution in [-0.2, 0) is 17.7 Å². The minimum absolute atomic E-state index is 0.0317. The minimum atomic E-state index is -0.711. The second-order valence-corrected chi connectivity index (χ2v) is 9.22. The Labute approximate surface area is 226 Å². The van der Waals surface area contributed by atoms with E-state index < -0.39 is 22.1 Å². The van der Waals surface area contributed by atoms with Gasteiger partial charge in [0.25, 0.3) is 17.2 Å². The summed E-state index contributed by atoms with van der Waals surface area (Å²) < 4.78 is 6.41. The van der Waals surface area contributed by atoms with Crippen LogP contribution in [0.2, 0.25) is 0 Å². The quantitative estimate of drug-likeness (QED) is 0.236. The van der Waals surface area contributed by atoms with E-state index in [1.807, 2.05) is 49.4 Å². The third kappa shape index (κ3) is 7.08. The van der Waals surface area contributed by atoms with Gasteiger partial charge in [-0.2, -0.15) is 0 Å². The largest absolute Gasteiger partial charge is 0.506 e. The average Bonchev–Trinajstić information content (AvgIpc) is 2.91. The van der Waals surface area contributed by atoms with Gasteiger partial charge < -0.3 is 19.7 Å². The molecule has 0 unspecified atom stereocenters. The van der Waals surface area contributed by atoms with Crippen molar-refractivity contribution in [3.63, 3.8) is 0 Å². The number of nitro groups is 1. The molecule has 3 aromatic rings. The van der Waals surface area contributed by atoms with E-state index in [-0.39, 0.29) is 30.9 Å². The molecule has 2 N–H and O–H groups in total. The number of pyridine rings is 1. The maximum Gasteiger partial charge on any atom is 0.269 e. The summed E-state index contributed by atoms with van der Waals surface area (Å²) in [5.41, 5.74) is 2.19. The van der Waals surface area contributed by atoms with Gasteiger partial charge in [0, 0.05) is 31.0 Å². The van der Waals surface area contributed by atoms with E-state index >= 15 is 0 Å². The highest BCUT2D eigenvalue weighted by Crippen LogP contribution is 2.14. The third-order valence-corrected chi connectivity index (χ3v) is 6.23. The molecule has 1 aromatic heterocycles. The van der Waals surface area contributed by atoms with E-state index in [0.29, 0.717) is 28.1 Å². The Kier molecular flexibility index (Phi) is 9.94. The number of hydrogen-bond acceptors (Lipinski definition) is 6. The van der Waals surface area contributed by atoms with Crippen LogP contribution in [0.5, 0.6) is 5.75 Å². The SMILES string of the molecule is C/C=C(\C=c1/c(=C(C)C)c(O)c(C(=O)NCCOC)c(=O)n1Cc1ccc([N+](=O)[O-])cc1)Cc1ccccc1. The number of methoxy groups -OCH3 is 1. The van der Waals surface area contributed by atoms with Crippen LogP contribution in [-0.4, -0.2) is 40.8 Å². The average molecular weight is 532 g/mol. The van der Waals surface area contributed by atoms with Crippen LogP contribution in [0.25, 0.3) is 11.6 Å². The standard InChI is InChI=1S/C30H33N3O6/c1-5-21(17-22-9-7-6-8-10-22)18-25-26(20(2)3)28(34)27(29(35)31-15-16-39-4)30(36)32(25)19-23-11-13-24(14-12-23)33(37)38/h5-14,18,34H,15-17,19H2,1-4H3,(H,31,35)/b21-5-,25-18+. The van der Waals surface area contributed by atoms with Gasteiger partial charge in [-0.25, -0.2) is 0 Å². The summed E-state index contributed by atoms with van der Waals surface area (Å²) in [6, 6.07) is 15.7.